The average molecular weight is 319 g/mol. The lowest BCUT2D eigenvalue weighted by atomic mass is 10.2. The average Bonchev–Trinajstić information content (AvgIpc) is 2.59. The molecule has 2 heterocycles. The zero-order valence-corrected chi connectivity index (χ0v) is 13.3. The molecular formula is C18H17N5O. The third kappa shape index (κ3) is 3.38. The van der Waals surface area contributed by atoms with E-state index in [1.165, 1.54) is 0 Å². The minimum atomic E-state index is -0.264. The highest BCUT2D eigenvalue weighted by Crippen LogP contribution is 2.23. The molecular weight excluding hydrogens is 302 g/mol. The summed E-state index contributed by atoms with van der Waals surface area (Å²) in [5.74, 6) is 0.792. The van der Waals surface area contributed by atoms with Crippen molar-refractivity contribution in [2.24, 2.45) is 0 Å². The van der Waals surface area contributed by atoms with Crippen LogP contribution >= 0.6 is 0 Å². The molecule has 6 nitrogen and oxygen atoms in total. The van der Waals surface area contributed by atoms with Crippen LogP contribution in [0.1, 0.15) is 16.3 Å². The first-order chi connectivity index (χ1) is 11.7. The molecule has 0 unspecified atom stereocenters. The summed E-state index contributed by atoms with van der Waals surface area (Å²) in [7, 11) is 0. The predicted octanol–water partition coefficient (Wildman–Crippen LogP) is 2.99. The standard InChI is InChI=1S/C18H17N5O/c1-3-9-20-18(24)15-11-16(22-12(2)21-15)23-14-8-4-6-13-7-5-10-19-17(13)14/h3-8,10-11H,1,9H2,2H3,(H,20,24)(H,21,22,23). The van der Waals surface area contributed by atoms with Crippen LogP contribution in [0.25, 0.3) is 10.9 Å². The topological polar surface area (TPSA) is 79.8 Å². The Hall–Kier alpha value is -3.28. The first kappa shape index (κ1) is 15.6. The quantitative estimate of drug-likeness (QED) is 0.707. The molecule has 1 amide bonds. The summed E-state index contributed by atoms with van der Waals surface area (Å²) in [4.78, 5) is 25.0. The highest BCUT2D eigenvalue weighted by molar-refractivity contribution is 5.94. The first-order valence-electron chi connectivity index (χ1n) is 7.53. The number of fused-ring (bicyclic) bond motifs is 1. The number of amides is 1. The number of aryl methyl sites for hydroxylation is 1. The van der Waals surface area contributed by atoms with Gasteiger partial charge in [0.1, 0.15) is 17.3 Å². The number of carbonyl (C=O) groups is 1. The van der Waals surface area contributed by atoms with Gasteiger partial charge in [0.2, 0.25) is 0 Å². The third-order valence-electron chi connectivity index (χ3n) is 3.37. The number of nitrogens with one attached hydrogen (secondary N) is 2. The lowest BCUT2D eigenvalue weighted by molar-refractivity contribution is 0.0952. The summed E-state index contributed by atoms with van der Waals surface area (Å²) in [6.07, 6.45) is 3.36. The minimum Gasteiger partial charge on any atom is -0.347 e. The van der Waals surface area contributed by atoms with Crippen molar-refractivity contribution in [1.82, 2.24) is 20.3 Å². The van der Waals surface area contributed by atoms with Crippen molar-refractivity contribution in [3.63, 3.8) is 0 Å². The van der Waals surface area contributed by atoms with Crippen molar-refractivity contribution in [3.05, 3.63) is 66.8 Å². The van der Waals surface area contributed by atoms with Crippen LogP contribution in [0.2, 0.25) is 0 Å². The summed E-state index contributed by atoms with van der Waals surface area (Å²) in [5, 5.41) is 6.96. The van der Waals surface area contributed by atoms with E-state index >= 15 is 0 Å². The zero-order valence-electron chi connectivity index (χ0n) is 13.3. The van der Waals surface area contributed by atoms with Crippen molar-refractivity contribution >= 4 is 28.3 Å². The molecule has 0 aliphatic rings. The fourth-order valence-electron chi connectivity index (χ4n) is 2.35. The number of benzene rings is 1. The lowest BCUT2D eigenvalue weighted by Crippen LogP contribution is -2.24. The highest BCUT2D eigenvalue weighted by atomic mass is 16.1. The van der Waals surface area contributed by atoms with E-state index in [1.807, 2.05) is 30.3 Å². The molecule has 0 radical (unpaired) electrons. The molecule has 0 bridgehead atoms. The molecule has 3 aromatic rings. The van der Waals surface area contributed by atoms with Gasteiger partial charge < -0.3 is 10.6 Å². The summed E-state index contributed by atoms with van der Waals surface area (Å²) in [5.41, 5.74) is 1.97. The van der Waals surface area contributed by atoms with Crippen molar-refractivity contribution in [2.75, 3.05) is 11.9 Å². The molecule has 2 aromatic heterocycles. The fourth-order valence-corrected chi connectivity index (χ4v) is 2.35. The Balaban J connectivity index is 1.93. The Kier molecular flexibility index (Phi) is 4.47. The molecule has 0 aliphatic carbocycles. The monoisotopic (exact) mass is 319 g/mol. The van der Waals surface area contributed by atoms with Crippen molar-refractivity contribution in [3.8, 4) is 0 Å². The van der Waals surface area contributed by atoms with Crippen LogP contribution in [0.5, 0.6) is 0 Å². The van der Waals surface area contributed by atoms with E-state index < -0.39 is 0 Å². The summed E-state index contributed by atoms with van der Waals surface area (Å²) in [6.45, 7) is 5.71. The smallest absolute Gasteiger partial charge is 0.270 e. The Labute approximate surface area is 139 Å². The summed E-state index contributed by atoms with van der Waals surface area (Å²) in [6, 6.07) is 11.4. The molecule has 0 aliphatic heterocycles. The van der Waals surface area contributed by atoms with Gasteiger partial charge in [0, 0.05) is 24.2 Å². The molecule has 0 atom stereocenters. The van der Waals surface area contributed by atoms with Gasteiger partial charge in [-0.15, -0.1) is 6.58 Å². The summed E-state index contributed by atoms with van der Waals surface area (Å²) >= 11 is 0. The van der Waals surface area contributed by atoms with Crippen molar-refractivity contribution in [1.29, 1.82) is 0 Å². The Morgan fingerprint density at radius 1 is 1.25 bits per heavy atom. The second-order valence-electron chi connectivity index (χ2n) is 5.19. The number of rotatable bonds is 5. The summed E-state index contributed by atoms with van der Waals surface area (Å²) < 4.78 is 0. The van der Waals surface area contributed by atoms with Crippen LogP contribution in [0.15, 0.2) is 55.3 Å². The normalized spacial score (nSPS) is 10.4. The van der Waals surface area contributed by atoms with Gasteiger partial charge >= 0.3 is 0 Å². The number of anilines is 2. The van der Waals surface area contributed by atoms with Crippen LogP contribution in [0, 0.1) is 6.92 Å². The van der Waals surface area contributed by atoms with Gasteiger partial charge in [-0.25, -0.2) is 9.97 Å². The van der Waals surface area contributed by atoms with Gasteiger partial charge in [0.25, 0.3) is 5.91 Å². The first-order valence-corrected chi connectivity index (χ1v) is 7.53. The molecule has 1 aromatic carbocycles. The lowest BCUT2D eigenvalue weighted by Gasteiger charge is -2.10. The molecule has 2 N–H and O–H groups in total. The van der Waals surface area contributed by atoms with E-state index in [4.69, 9.17) is 0 Å². The molecule has 0 saturated carbocycles. The SMILES string of the molecule is C=CCNC(=O)c1cc(Nc2cccc3cccnc23)nc(C)n1. The predicted molar refractivity (Wildman–Crippen MR) is 94.3 cm³/mol. The zero-order chi connectivity index (χ0) is 16.9. The van der Waals surface area contributed by atoms with E-state index in [2.05, 4.69) is 32.2 Å². The second-order valence-corrected chi connectivity index (χ2v) is 5.19. The molecule has 0 spiro atoms. The van der Waals surface area contributed by atoms with Crippen LogP contribution in [0.3, 0.4) is 0 Å². The molecule has 3 rings (SSSR count). The van der Waals surface area contributed by atoms with E-state index in [1.54, 1.807) is 25.3 Å². The largest absolute Gasteiger partial charge is 0.347 e. The maximum Gasteiger partial charge on any atom is 0.270 e. The third-order valence-corrected chi connectivity index (χ3v) is 3.37. The number of hydrogen-bond donors (Lipinski definition) is 2. The van der Waals surface area contributed by atoms with Crippen LogP contribution in [0.4, 0.5) is 11.5 Å². The number of nitrogens with zero attached hydrogens (tertiary/aromatic N) is 3. The number of hydrogen-bond acceptors (Lipinski definition) is 5. The number of para-hydroxylation sites is 1. The fraction of sp³-hybridized carbons (Fsp3) is 0.111. The molecule has 0 fully saturated rings. The van der Waals surface area contributed by atoms with E-state index in [0.29, 0.717) is 23.9 Å². The van der Waals surface area contributed by atoms with Gasteiger partial charge in [-0.1, -0.05) is 24.3 Å². The number of pyridine rings is 1. The molecule has 120 valence electrons. The van der Waals surface area contributed by atoms with Gasteiger partial charge in [-0.2, -0.15) is 0 Å². The van der Waals surface area contributed by atoms with Crippen molar-refractivity contribution < 1.29 is 4.79 Å². The van der Waals surface area contributed by atoms with E-state index in [-0.39, 0.29) is 5.91 Å². The maximum atomic E-state index is 12.1. The van der Waals surface area contributed by atoms with Gasteiger partial charge in [0.05, 0.1) is 11.2 Å². The molecule has 6 heteroatoms. The maximum absolute atomic E-state index is 12.1. The van der Waals surface area contributed by atoms with E-state index in [9.17, 15) is 4.79 Å². The van der Waals surface area contributed by atoms with Gasteiger partial charge in [-0.05, 0) is 19.1 Å². The van der Waals surface area contributed by atoms with Crippen molar-refractivity contribution in [2.45, 2.75) is 6.92 Å². The Morgan fingerprint density at radius 3 is 2.92 bits per heavy atom. The Bertz CT molecular complexity index is 902. The van der Waals surface area contributed by atoms with Gasteiger partial charge in [0.15, 0.2) is 0 Å². The molecule has 0 saturated heterocycles. The number of carbonyl (C=O) groups excluding carboxylic acids is 1. The van der Waals surface area contributed by atoms with Crippen LogP contribution in [-0.2, 0) is 0 Å². The van der Waals surface area contributed by atoms with Gasteiger partial charge in [-0.3, -0.25) is 9.78 Å². The highest BCUT2D eigenvalue weighted by Gasteiger charge is 2.11. The minimum absolute atomic E-state index is 0.264. The Morgan fingerprint density at radius 2 is 2.08 bits per heavy atom. The second kappa shape index (κ2) is 6.87. The molecule has 24 heavy (non-hydrogen) atoms. The van der Waals surface area contributed by atoms with E-state index in [0.717, 1.165) is 16.6 Å². The van der Waals surface area contributed by atoms with Crippen LogP contribution in [-0.4, -0.2) is 27.4 Å². The number of aromatic nitrogens is 3. The van der Waals surface area contributed by atoms with Crippen LogP contribution < -0.4 is 10.6 Å².